The number of hydrogen-bond acceptors (Lipinski definition) is 9. The van der Waals surface area contributed by atoms with Gasteiger partial charge < -0.3 is 20.9 Å². The van der Waals surface area contributed by atoms with Crippen LogP contribution in [0.15, 0.2) is 36.7 Å². The molecule has 10 nitrogen and oxygen atoms in total. The molecular weight excluding hydrogens is 492 g/mol. The van der Waals surface area contributed by atoms with Crippen molar-refractivity contribution in [3.05, 3.63) is 47.8 Å². The van der Waals surface area contributed by atoms with Crippen LogP contribution in [0.4, 0.5) is 11.8 Å². The zero-order valence-corrected chi connectivity index (χ0v) is 22.6. The number of pyridine rings is 1. The topological polar surface area (TPSA) is 127 Å². The Hall–Kier alpha value is -3.34. The average Bonchev–Trinajstić information content (AvgIpc) is 3.32. The zero-order valence-electron chi connectivity index (χ0n) is 22.6. The van der Waals surface area contributed by atoms with Gasteiger partial charge in [0.15, 0.2) is 5.82 Å². The molecular formula is C29H38N8O2. The Morgan fingerprint density at radius 2 is 1.92 bits per heavy atom. The molecule has 4 aromatic rings. The minimum atomic E-state index is 0.0874. The molecule has 0 radical (unpaired) electrons. The summed E-state index contributed by atoms with van der Waals surface area (Å²) in [4.78, 5) is 16.3. The number of hydrogen-bond donors (Lipinski definition) is 3. The van der Waals surface area contributed by atoms with Crippen molar-refractivity contribution in [3.63, 3.8) is 0 Å². The molecule has 2 fully saturated rings. The second-order valence-electron chi connectivity index (χ2n) is 11.1. The first-order valence-corrected chi connectivity index (χ1v) is 14.1. The van der Waals surface area contributed by atoms with E-state index in [2.05, 4.69) is 50.4 Å². The van der Waals surface area contributed by atoms with Crippen molar-refractivity contribution in [2.75, 3.05) is 44.0 Å². The summed E-state index contributed by atoms with van der Waals surface area (Å²) in [7, 11) is 0. The lowest BCUT2D eigenvalue weighted by Crippen LogP contribution is -2.57. The standard InChI is InChI=1S/C29H38N8O2/c1-2-4-22(8-12-38)33-27-26-24(34-28(30)35-27)15-32-37(26)17-21-7-6-20(23-5-3-11-31-25(21)23)16-36-18-29(19-36)9-13-39-14-10-29/h3,5-7,11,15,22,38H,2,4,8-10,12-14,16-19H2,1H3,(H3,30,33,34,35)/t22-/m0/s1. The number of likely N-dealkylation sites (tertiary alicyclic amines) is 1. The number of nitrogens with zero attached hydrogens (tertiary/aromatic N) is 6. The molecule has 2 aliphatic rings. The molecule has 10 heteroatoms. The number of fused-ring (bicyclic) bond motifs is 2. The predicted octanol–water partition coefficient (Wildman–Crippen LogP) is 3.58. The fourth-order valence-electron chi connectivity index (χ4n) is 6.32. The summed E-state index contributed by atoms with van der Waals surface area (Å²) in [5.41, 5.74) is 11.4. The van der Waals surface area contributed by atoms with E-state index in [0.29, 0.717) is 29.7 Å². The number of nitrogens with two attached hydrogens (primary N) is 1. The first kappa shape index (κ1) is 25.9. The summed E-state index contributed by atoms with van der Waals surface area (Å²) in [6.07, 6.45) is 8.49. The van der Waals surface area contributed by atoms with Crippen LogP contribution >= 0.6 is 0 Å². The summed E-state index contributed by atoms with van der Waals surface area (Å²) < 4.78 is 7.51. The van der Waals surface area contributed by atoms with Gasteiger partial charge in [0.2, 0.25) is 5.95 Å². The van der Waals surface area contributed by atoms with Crippen molar-refractivity contribution >= 4 is 33.7 Å². The molecule has 0 aliphatic carbocycles. The van der Waals surface area contributed by atoms with Crippen molar-refractivity contribution in [3.8, 4) is 0 Å². The van der Waals surface area contributed by atoms with Crippen LogP contribution in [0.25, 0.3) is 21.9 Å². The minimum Gasteiger partial charge on any atom is -0.396 e. The zero-order chi connectivity index (χ0) is 26.8. The lowest BCUT2D eigenvalue weighted by molar-refractivity contribution is -0.0837. The van der Waals surface area contributed by atoms with Crippen LogP contribution in [-0.4, -0.2) is 73.7 Å². The van der Waals surface area contributed by atoms with Gasteiger partial charge in [-0.15, -0.1) is 0 Å². The van der Waals surface area contributed by atoms with Crippen LogP contribution in [0.5, 0.6) is 0 Å². The van der Waals surface area contributed by atoms with Crippen molar-refractivity contribution in [1.29, 1.82) is 0 Å². The minimum absolute atomic E-state index is 0.0874. The molecule has 1 spiro atoms. The van der Waals surface area contributed by atoms with E-state index >= 15 is 0 Å². The van der Waals surface area contributed by atoms with Crippen molar-refractivity contribution in [1.82, 2.24) is 29.6 Å². The number of benzene rings is 1. The van der Waals surface area contributed by atoms with Crippen LogP contribution in [0.3, 0.4) is 0 Å². The van der Waals surface area contributed by atoms with E-state index in [-0.39, 0.29) is 18.6 Å². The predicted molar refractivity (Wildman–Crippen MR) is 152 cm³/mol. The molecule has 1 aromatic carbocycles. The smallest absolute Gasteiger partial charge is 0.222 e. The highest BCUT2D eigenvalue weighted by Gasteiger charge is 2.43. The Morgan fingerprint density at radius 3 is 2.72 bits per heavy atom. The molecule has 6 rings (SSSR count). The molecule has 0 amide bonds. The maximum absolute atomic E-state index is 9.55. The highest BCUT2D eigenvalue weighted by atomic mass is 16.5. The van der Waals surface area contributed by atoms with Crippen LogP contribution in [0.2, 0.25) is 0 Å². The molecule has 2 saturated heterocycles. The van der Waals surface area contributed by atoms with Crippen LogP contribution in [-0.2, 0) is 17.8 Å². The van der Waals surface area contributed by atoms with Gasteiger partial charge >= 0.3 is 0 Å². The van der Waals surface area contributed by atoms with Gasteiger partial charge in [0.05, 0.1) is 18.3 Å². The maximum atomic E-state index is 9.55. The Balaban J connectivity index is 1.27. The monoisotopic (exact) mass is 530 g/mol. The van der Waals surface area contributed by atoms with E-state index < -0.39 is 0 Å². The molecule has 3 aromatic heterocycles. The Labute approximate surface area is 228 Å². The number of rotatable bonds is 10. The van der Waals surface area contributed by atoms with Gasteiger partial charge in [-0.25, -0.2) is 4.98 Å². The van der Waals surface area contributed by atoms with Gasteiger partial charge in [-0.1, -0.05) is 31.5 Å². The first-order valence-electron chi connectivity index (χ1n) is 14.1. The maximum Gasteiger partial charge on any atom is 0.222 e. The van der Waals surface area contributed by atoms with Crippen LogP contribution in [0, 0.1) is 5.41 Å². The largest absolute Gasteiger partial charge is 0.396 e. The third-order valence-electron chi connectivity index (χ3n) is 8.29. The number of aliphatic hydroxyl groups is 1. The molecule has 5 heterocycles. The lowest BCUT2D eigenvalue weighted by atomic mass is 9.73. The van der Waals surface area contributed by atoms with Gasteiger partial charge in [0, 0.05) is 62.5 Å². The highest BCUT2D eigenvalue weighted by Crippen LogP contribution is 2.41. The van der Waals surface area contributed by atoms with Gasteiger partial charge in [0.1, 0.15) is 11.0 Å². The number of anilines is 2. The van der Waals surface area contributed by atoms with Crippen molar-refractivity contribution < 1.29 is 9.84 Å². The number of ether oxygens (including phenoxy) is 1. The molecule has 1 atom stereocenters. The van der Waals surface area contributed by atoms with Crippen LogP contribution in [0.1, 0.15) is 50.2 Å². The number of aliphatic hydroxyl groups excluding tert-OH is 1. The van der Waals surface area contributed by atoms with Gasteiger partial charge in [-0.05, 0) is 42.9 Å². The third-order valence-corrected chi connectivity index (χ3v) is 8.29. The lowest BCUT2D eigenvalue weighted by Gasteiger charge is -2.52. The van der Waals surface area contributed by atoms with Gasteiger partial charge in [-0.2, -0.15) is 10.1 Å². The Morgan fingerprint density at radius 1 is 1.10 bits per heavy atom. The fourth-order valence-corrected chi connectivity index (χ4v) is 6.32. The summed E-state index contributed by atoms with van der Waals surface area (Å²) in [5.74, 6) is 0.851. The van der Waals surface area contributed by atoms with Crippen LogP contribution < -0.4 is 11.1 Å². The highest BCUT2D eigenvalue weighted by molar-refractivity contribution is 5.88. The molecule has 206 valence electrons. The van der Waals surface area contributed by atoms with Gasteiger partial charge in [-0.3, -0.25) is 14.6 Å². The SMILES string of the molecule is CCC[C@@H](CCO)Nc1nc(N)nc2cnn(Cc3ccc(CN4CC5(CCOCC5)C4)c4cccnc34)c12. The molecule has 39 heavy (non-hydrogen) atoms. The van der Waals surface area contributed by atoms with Crippen molar-refractivity contribution in [2.24, 2.45) is 5.41 Å². The molecule has 2 aliphatic heterocycles. The average molecular weight is 531 g/mol. The summed E-state index contributed by atoms with van der Waals surface area (Å²) in [6, 6.07) is 8.70. The summed E-state index contributed by atoms with van der Waals surface area (Å²) >= 11 is 0. The van der Waals surface area contributed by atoms with Gasteiger partial charge in [0.25, 0.3) is 0 Å². The summed E-state index contributed by atoms with van der Waals surface area (Å²) in [5, 5.41) is 18.9. The van der Waals surface area contributed by atoms with Crippen molar-refractivity contribution in [2.45, 2.75) is 58.2 Å². The normalized spacial score (nSPS) is 18.0. The van der Waals surface area contributed by atoms with E-state index in [4.69, 9.17) is 15.5 Å². The molecule has 0 unspecified atom stereocenters. The second kappa shape index (κ2) is 11.0. The molecule has 4 N–H and O–H groups in total. The third kappa shape index (κ3) is 5.28. The summed E-state index contributed by atoms with van der Waals surface area (Å²) in [6.45, 7) is 7.79. The quantitative estimate of drug-likeness (QED) is 0.282. The van der Waals surface area contributed by atoms with E-state index in [1.165, 1.54) is 23.8 Å². The van der Waals surface area contributed by atoms with E-state index in [1.807, 2.05) is 16.9 Å². The fraction of sp³-hybridized carbons (Fsp3) is 0.517. The second-order valence-corrected chi connectivity index (χ2v) is 11.1. The first-order chi connectivity index (χ1) is 19.1. The molecule has 0 saturated carbocycles. The number of nitrogen functional groups attached to an aromatic ring is 1. The Bertz CT molecular complexity index is 1430. The van der Waals surface area contributed by atoms with E-state index in [9.17, 15) is 5.11 Å². The Kier molecular flexibility index (Phi) is 7.33. The van der Waals surface area contributed by atoms with E-state index in [0.717, 1.165) is 62.3 Å². The van der Waals surface area contributed by atoms with E-state index in [1.54, 1.807) is 6.20 Å². The number of nitrogens with one attached hydrogen (secondary N) is 1. The molecule has 0 bridgehead atoms. The number of aromatic nitrogens is 5.